The third-order valence-electron chi connectivity index (χ3n) is 3.26. The normalized spacial score (nSPS) is 22.9. The number of amides is 1. The summed E-state index contributed by atoms with van der Waals surface area (Å²) >= 11 is 0. The predicted octanol–water partition coefficient (Wildman–Crippen LogP) is 2.02. The average molecular weight is 297 g/mol. The number of carbonyl (C=O) groups excluding carboxylic acids is 1. The largest absolute Gasteiger partial charge is 0.444 e. The zero-order valence-electron chi connectivity index (χ0n) is 13.2. The minimum Gasteiger partial charge on any atom is -0.444 e. The Morgan fingerprint density at radius 1 is 1.48 bits per heavy atom. The van der Waals surface area contributed by atoms with Crippen LogP contribution in [-0.4, -0.2) is 44.9 Å². The summed E-state index contributed by atoms with van der Waals surface area (Å²) in [4.78, 5) is 17.7. The van der Waals surface area contributed by atoms with E-state index in [2.05, 4.69) is 10.1 Å². The first-order valence-corrected chi connectivity index (χ1v) is 7.15. The van der Waals surface area contributed by atoms with E-state index in [1.54, 1.807) is 20.8 Å². The van der Waals surface area contributed by atoms with Gasteiger partial charge in [0.05, 0.1) is 6.54 Å². The van der Waals surface area contributed by atoms with E-state index in [0.717, 1.165) is 0 Å². The molecule has 0 aliphatic carbocycles. The minimum absolute atomic E-state index is 0.0989. The van der Waals surface area contributed by atoms with E-state index in [1.165, 1.54) is 4.90 Å². The summed E-state index contributed by atoms with van der Waals surface area (Å²) in [7, 11) is 0. The van der Waals surface area contributed by atoms with Gasteiger partial charge in [-0.05, 0) is 20.8 Å². The van der Waals surface area contributed by atoms with Crippen molar-refractivity contribution < 1.29 is 19.2 Å². The third kappa shape index (κ3) is 3.53. The monoisotopic (exact) mass is 297 g/mol. The van der Waals surface area contributed by atoms with Crippen LogP contribution in [0.25, 0.3) is 0 Å². The summed E-state index contributed by atoms with van der Waals surface area (Å²) < 4.78 is 10.5. The molecule has 1 fully saturated rings. The molecule has 0 aromatic carbocycles. The highest BCUT2D eigenvalue weighted by Gasteiger charge is 2.45. The van der Waals surface area contributed by atoms with Crippen LogP contribution in [0.2, 0.25) is 0 Å². The van der Waals surface area contributed by atoms with Gasteiger partial charge in [-0.3, -0.25) is 0 Å². The lowest BCUT2D eigenvalue weighted by Crippen LogP contribution is -2.38. The first-order chi connectivity index (χ1) is 9.61. The molecule has 1 atom stereocenters. The van der Waals surface area contributed by atoms with E-state index < -0.39 is 17.3 Å². The summed E-state index contributed by atoms with van der Waals surface area (Å²) in [6, 6.07) is 0. The minimum atomic E-state index is -1.29. The van der Waals surface area contributed by atoms with E-state index in [-0.39, 0.29) is 18.4 Å². The van der Waals surface area contributed by atoms with Crippen molar-refractivity contribution in [3.8, 4) is 0 Å². The van der Waals surface area contributed by atoms with Crippen molar-refractivity contribution in [2.75, 3.05) is 13.1 Å². The lowest BCUT2D eigenvalue weighted by atomic mass is 10.0. The number of β-amino-alcohol motifs (C(OH)–C–C–N with tert-alkyl or cyclic N) is 1. The molecule has 1 aliphatic heterocycles. The average Bonchev–Trinajstić information content (AvgIpc) is 2.93. The molecule has 7 heteroatoms. The molecule has 1 unspecified atom stereocenters. The smallest absolute Gasteiger partial charge is 0.410 e. The summed E-state index contributed by atoms with van der Waals surface area (Å²) in [6.45, 7) is 9.80. The van der Waals surface area contributed by atoms with Crippen molar-refractivity contribution in [2.24, 2.45) is 0 Å². The molecule has 0 radical (unpaired) electrons. The SMILES string of the molecule is CC(C)c1noc(C2(O)CCN(C(=O)OC(C)(C)C)C2)n1. The number of ether oxygens (including phenoxy) is 1. The Hall–Kier alpha value is -1.63. The van der Waals surface area contributed by atoms with Crippen LogP contribution in [0.1, 0.15) is 58.7 Å². The molecular formula is C14H23N3O4. The second kappa shape index (κ2) is 5.29. The molecule has 1 aliphatic rings. The van der Waals surface area contributed by atoms with Crippen molar-refractivity contribution in [1.82, 2.24) is 15.0 Å². The van der Waals surface area contributed by atoms with Crippen LogP contribution in [0.15, 0.2) is 4.52 Å². The molecule has 1 aromatic heterocycles. The topological polar surface area (TPSA) is 88.7 Å². The van der Waals surface area contributed by atoms with Gasteiger partial charge in [0.1, 0.15) is 5.60 Å². The van der Waals surface area contributed by atoms with E-state index in [1.807, 2.05) is 13.8 Å². The van der Waals surface area contributed by atoms with Gasteiger partial charge in [0.2, 0.25) is 0 Å². The predicted molar refractivity (Wildman–Crippen MR) is 74.7 cm³/mol. The van der Waals surface area contributed by atoms with Crippen LogP contribution in [0.3, 0.4) is 0 Å². The van der Waals surface area contributed by atoms with Crippen molar-refractivity contribution in [2.45, 2.75) is 58.2 Å². The fourth-order valence-corrected chi connectivity index (χ4v) is 2.11. The van der Waals surface area contributed by atoms with Gasteiger partial charge in [-0.1, -0.05) is 19.0 Å². The molecule has 1 saturated heterocycles. The van der Waals surface area contributed by atoms with Crippen molar-refractivity contribution in [3.05, 3.63) is 11.7 Å². The first-order valence-electron chi connectivity index (χ1n) is 7.15. The van der Waals surface area contributed by atoms with Gasteiger partial charge in [0.25, 0.3) is 5.89 Å². The highest BCUT2D eigenvalue weighted by Crippen LogP contribution is 2.32. The van der Waals surface area contributed by atoms with Gasteiger partial charge in [0.15, 0.2) is 11.4 Å². The van der Waals surface area contributed by atoms with Crippen molar-refractivity contribution in [1.29, 1.82) is 0 Å². The molecule has 21 heavy (non-hydrogen) atoms. The van der Waals surface area contributed by atoms with Crippen molar-refractivity contribution in [3.63, 3.8) is 0 Å². The van der Waals surface area contributed by atoms with Crippen LogP contribution in [0.4, 0.5) is 4.79 Å². The Labute approximate surface area is 124 Å². The molecule has 1 N–H and O–H groups in total. The molecule has 7 nitrogen and oxygen atoms in total. The second-order valence-corrected chi connectivity index (χ2v) is 6.80. The number of aliphatic hydroxyl groups is 1. The Balaban J connectivity index is 2.07. The lowest BCUT2D eigenvalue weighted by Gasteiger charge is -2.25. The van der Waals surface area contributed by atoms with E-state index in [0.29, 0.717) is 18.8 Å². The van der Waals surface area contributed by atoms with Gasteiger partial charge >= 0.3 is 6.09 Å². The maximum absolute atomic E-state index is 12.0. The fraction of sp³-hybridized carbons (Fsp3) is 0.786. The Kier molecular flexibility index (Phi) is 3.97. The Bertz CT molecular complexity index is 521. The van der Waals surface area contributed by atoms with Gasteiger partial charge in [0, 0.05) is 18.9 Å². The summed E-state index contributed by atoms with van der Waals surface area (Å²) in [6.07, 6.45) is -0.0894. The summed E-state index contributed by atoms with van der Waals surface area (Å²) in [5.74, 6) is 0.834. The Morgan fingerprint density at radius 2 is 2.14 bits per heavy atom. The van der Waals surface area contributed by atoms with Crippen LogP contribution < -0.4 is 0 Å². The highest BCUT2D eigenvalue weighted by molar-refractivity contribution is 5.68. The van der Waals surface area contributed by atoms with Crippen LogP contribution >= 0.6 is 0 Å². The molecular weight excluding hydrogens is 274 g/mol. The molecule has 1 amide bonds. The van der Waals surface area contributed by atoms with Gasteiger partial charge in [-0.15, -0.1) is 0 Å². The summed E-state index contributed by atoms with van der Waals surface area (Å²) in [5.41, 5.74) is -1.86. The number of likely N-dealkylation sites (tertiary alicyclic amines) is 1. The van der Waals surface area contributed by atoms with Crippen molar-refractivity contribution >= 4 is 6.09 Å². The zero-order chi connectivity index (χ0) is 15.8. The number of hydrogen-bond acceptors (Lipinski definition) is 6. The molecule has 1 aromatic rings. The van der Waals surface area contributed by atoms with E-state index in [4.69, 9.17) is 9.26 Å². The quantitative estimate of drug-likeness (QED) is 0.898. The summed E-state index contributed by atoms with van der Waals surface area (Å²) in [5, 5.41) is 14.5. The molecule has 0 bridgehead atoms. The van der Waals surface area contributed by atoms with Gasteiger partial charge < -0.3 is 19.3 Å². The van der Waals surface area contributed by atoms with Gasteiger partial charge in [-0.25, -0.2) is 4.79 Å². The highest BCUT2D eigenvalue weighted by atomic mass is 16.6. The number of nitrogens with zero attached hydrogens (tertiary/aromatic N) is 3. The number of aromatic nitrogens is 2. The number of carbonyl (C=O) groups is 1. The van der Waals surface area contributed by atoms with E-state index in [9.17, 15) is 9.90 Å². The maximum atomic E-state index is 12.0. The molecule has 118 valence electrons. The zero-order valence-corrected chi connectivity index (χ0v) is 13.2. The van der Waals surface area contributed by atoms with Crippen LogP contribution in [0, 0.1) is 0 Å². The van der Waals surface area contributed by atoms with Gasteiger partial charge in [-0.2, -0.15) is 4.98 Å². The number of hydrogen-bond donors (Lipinski definition) is 1. The Morgan fingerprint density at radius 3 is 2.67 bits per heavy atom. The van der Waals surface area contributed by atoms with Crippen LogP contribution in [0.5, 0.6) is 0 Å². The van der Waals surface area contributed by atoms with E-state index >= 15 is 0 Å². The third-order valence-corrected chi connectivity index (χ3v) is 3.26. The molecule has 2 rings (SSSR count). The molecule has 2 heterocycles. The number of rotatable bonds is 2. The lowest BCUT2D eigenvalue weighted by molar-refractivity contribution is 0.000165. The molecule has 0 saturated carbocycles. The second-order valence-electron chi connectivity index (χ2n) is 6.80. The maximum Gasteiger partial charge on any atom is 0.410 e. The van der Waals surface area contributed by atoms with Crippen LogP contribution in [-0.2, 0) is 10.3 Å². The fourth-order valence-electron chi connectivity index (χ4n) is 2.11. The first kappa shape index (κ1) is 15.8. The molecule has 0 spiro atoms. The standard InChI is InChI=1S/C14H23N3O4/c1-9(2)10-15-11(21-16-10)14(19)6-7-17(8-14)12(18)20-13(3,4)5/h9,19H,6-8H2,1-5H3.